The van der Waals surface area contributed by atoms with Gasteiger partial charge in [-0.2, -0.15) is 0 Å². The third-order valence-electron chi connectivity index (χ3n) is 6.71. The summed E-state index contributed by atoms with van der Waals surface area (Å²) in [5, 5.41) is 8.64. The van der Waals surface area contributed by atoms with E-state index in [9.17, 15) is 4.79 Å². The van der Waals surface area contributed by atoms with E-state index in [0.717, 1.165) is 44.1 Å². The number of amides is 1. The first-order valence-corrected chi connectivity index (χ1v) is 10.9. The van der Waals surface area contributed by atoms with Crippen molar-refractivity contribution in [2.75, 3.05) is 26.8 Å². The lowest BCUT2D eigenvalue weighted by atomic mass is 9.77. The second-order valence-electron chi connectivity index (χ2n) is 8.95. The molecule has 0 spiro atoms. The average molecular weight is 412 g/mol. The molecule has 2 aromatic heterocycles. The zero-order valence-corrected chi connectivity index (χ0v) is 17.4. The summed E-state index contributed by atoms with van der Waals surface area (Å²) in [6.45, 7) is 2.86. The normalized spacial score (nSPS) is 28.5. The van der Waals surface area contributed by atoms with E-state index < -0.39 is 0 Å². The average Bonchev–Trinajstić information content (AvgIpc) is 3.33. The Morgan fingerprint density at radius 2 is 2.07 bits per heavy atom. The van der Waals surface area contributed by atoms with Gasteiger partial charge in [0.05, 0.1) is 30.5 Å². The fraction of sp³-hybridized carbons (Fsp3) is 0.636. The van der Waals surface area contributed by atoms with Crippen LogP contribution in [0.25, 0.3) is 0 Å². The zero-order chi connectivity index (χ0) is 20.5. The molecule has 30 heavy (non-hydrogen) atoms. The highest BCUT2D eigenvalue weighted by Gasteiger charge is 2.45. The van der Waals surface area contributed by atoms with E-state index in [0.29, 0.717) is 24.0 Å². The molecule has 2 aromatic rings. The molecule has 0 radical (unpaired) electrons. The molecule has 1 aliphatic heterocycles. The Morgan fingerprint density at radius 1 is 1.23 bits per heavy atom. The van der Waals surface area contributed by atoms with Gasteiger partial charge < -0.3 is 14.4 Å². The largest absolute Gasteiger partial charge is 0.378 e. The molecule has 0 unspecified atom stereocenters. The van der Waals surface area contributed by atoms with E-state index in [1.807, 2.05) is 27.9 Å². The number of hydrogen-bond acceptors (Lipinski definition) is 6. The van der Waals surface area contributed by atoms with Gasteiger partial charge in [0, 0.05) is 39.2 Å². The Bertz CT molecular complexity index is 869. The molecule has 8 heteroatoms. The Labute approximate surface area is 176 Å². The maximum absolute atomic E-state index is 12.9. The van der Waals surface area contributed by atoms with E-state index in [-0.39, 0.29) is 18.1 Å². The number of carbonyl (C=O) groups is 1. The van der Waals surface area contributed by atoms with Crippen LogP contribution in [0.2, 0.25) is 0 Å². The molecular weight excluding hydrogens is 382 g/mol. The summed E-state index contributed by atoms with van der Waals surface area (Å²) >= 11 is 0. The summed E-state index contributed by atoms with van der Waals surface area (Å²) in [6, 6.07) is 3.81. The van der Waals surface area contributed by atoms with Crippen LogP contribution in [0.4, 0.5) is 0 Å². The highest BCUT2D eigenvalue weighted by molar-refractivity contribution is 5.94. The molecule has 5 rings (SSSR count). The number of methoxy groups -OCH3 is 1. The SMILES string of the molecule is COCc1cn([C@@H]2C[C@@H]3CN(C(=O)c4cccnc4)C[C@@H]3C[C@H]2OCC2CC2)nn1. The third kappa shape index (κ3) is 4.11. The number of aromatic nitrogens is 4. The number of ether oxygens (including phenoxy) is 2. The number of rotatable bonds is 7. The predicted octanol–water partition coefficient (Wildman–Crippen LogP) is 2.34. The van der Waals surface area contributed by atoms with Crippen molar-refractivity contribution < 1.29 is 14.3 Å². The van der Waals surface area contributed by atoms with Gasteiger partial charge in [-0.1, -0.05) is 5.21 Å². The second kappa shape index (κ2) is 8.43. The van der Waals surface area contributed by atoms with Gasteiger partial charge in [-0.15, -0.1) is 5.10 Å². The molecule has 8 nitrogen and oxygen atoms in total. The topological polar surface area (TPSA) is 82.4 Å². The first kappa shape index (κ1) is 19.6. The fourth-order valence-corrected chi connectivity index (χ4v) is 4.92. The van der Waals surface area contributed by atoms with Crippen LogP contribution in [0.15, 0.2) is 30.7 Å². The van der Waals surface area contributed by atoms with Crippen LogP contribution in [0.5, 0.6) is 0 Å². The van der Waals surface area contributed by atoms with Gasteiger partial charge in [-0.25, -0.2) is 4.68 Å². The molecule has 2 aliphatic carbocycles. The molecule has 1 saturated heterocycles. The lowest BCUT2D eigenvalue weighted by molar-refractivity contribution is -0.0375. The van der Waals surface area contributed by atoms with Gasteiger partial charge in [-0.3, -0.25) is 9.78 Å². The molecule has 3 aliphatic rings. The van der Waals surface area contributed by atoms with Crippen molar-refractivity contribution in [2.45, 2.75) is 44.4 Å². The first-order valence-electron chi connectivity index (χ1n) is 10.9. The van der Waals surface area contributed by atoms with Gasteiger partial charge in [0.15, 0.2) is 0 Å². The molecule has 160 valence electrons. The van der Waals surface area contributed by atoms with Gasteiger partial charge in [-0.05, 0) is 55.6 Å². The fourth-order valence-electron chi connectivity index (χ4n) is 4.92. The second-order valence-corrected chi connectivity index (χ2v) is 8.95. The smallest absolute Gasteiger partial charge is 0.255 e. The van der Waals surface area contributed by atoms with Crippen molar-refractivity contribution in [1.29, 1.82) is 0 Å². The summed E-state index contributed by atoms with van der Waals surface area (Å²) in [5.74, 6) is 1.71. The Kier molecular flexibility index (Phi) is 5.52. The van der Waals surface area contributed by atoms with Gasteiger partial charge in [0.25, 0.3) is 5.91 Å². The van der Waals surface area contributed by atoms with Crippen molar-refractivity contribution >= 4 is 5.91 Å². The van der Waals surface area contributed by atoms with Crippen LogP contribution in [0.3, 0.4) is 0 Å². The van der Waals surface area contributed by atoms with Gasteiger partial charge >= 0.3 is 0 Å². The number of likely N-dealkylation sites (tertiary alicyclic amines) is 1. The number of fused-ring (bicyclic) bond motifs is 1. The van der Waals surface area contributed by atoms with Crippen LogP contribution in [0, 0.1) is 17.8 Å². The van der Waals surface area contributed by atoms with Crippen molar-refractivity contribution in [3.05, 3.63) is 42.0 Å². The standard InChI is InChI=1S/C22H29N5O3/c1-29-14-19-12-27(25-24-19)20-7-17-10-26(22(28)16-3-2-6-23-9-16)11-18(17)8-21(20)30-13-15-4-5-15/h2-3,6,9,12,15,17-18,20-21H,4-5,7-8,10-11,13-14H2,1H3/t17-,18+,20-,21-/m1/s1. The maximum Gasteiger partial charge on any atom is 0.255 e. The van der Waals surface area contributed by atoms with Crippen molar-refractivity contribution in [2.24, 2.45) is 17.8 Å². The van der Waals surface area contributed by atoms with Crippen LogP contribution < -0.4 is 0 Å². The van der Waals surface area contributed by atoms with E-state index >= 15 is 0 Å². The van der Waals surface area contributed by atoms with Crippen molar-refractivity contribution in [1.82, 2.24) is 24.9 Å². The highest BCUT2D eigenvalue weighted by Crippen LogP contribution is 2.43. The molecule has 2 saturated carbocycles. The van der Waals surface area contributed by atoms with E-state index in [2.05, 4.69) is 15.3 Å². The Morgan fingerprint density at radius 3 is 2.80 bits per heavy atom. The van der Waals surface area contributed by atoms with Crippen LogP contribution in [-0.2, 0) is 16.1 Å². The van der Waals surface area contributed by atoms with E-state index in [4.69, 9.17) is 9.47 Å². The van der Waals surface area contributed by atoms with Crippen molar-refractivity contribution in [3.63, 3.8) is 0 Å². The summed E-state index contributed by atoms with van der Waals surface area (Å²) in [5.41, 5.74) is 1.50. The molecule has 0 N–H and O–H groups in total. The van der Waals surface area contributed by atoms with E-state index in [1.165, 1.54) is 12.8 Å². The number of nitrogens with zero attached hydrogens (tertiary/aromatic N) is 5. The summed E-state index contributed by atoms with van der Waals surface area (Å²) in [7, 11) is 1.66. The maximum atomic E-state index is 12.9. The number of carbonyl (C=O) groups excluding carboxylic acids is 1. The number of hydrogen-bond donors (Lipinski definition) is 0. The quantitative estimate of drug-likeness (QED) is 0.696. The minimum Gasteiger partial charge on any atom is -0.378 e. The molecule has 3 heterocycles. The number of pyridine rings is 1. The van der Waals surface area contributed by atoms with Gasteiger partial charge in [0.2, 0.25) is 0 Å². The lowest BCUT2D eigenvalue weighted by Gasteiger charge is -2.37. The lowest BCUT2D eigenvalue weighted by Crippen LogP contribution is -2.38. The molecule has 0 bridgehead atoms. The van der Waals surface area contributed by atoms with Crippen LogP contribution in [-0.4, -0.2) is 63.7 Å². The highest BCUT2D eigenvalue weighted by atomic mass is 16.5. The van der Waals surface area contributed by atoms with Gasteiger partial charge in [0.1, 0.15) is 5.69 Å². The Balaban J connectivity index is 1.31. The summed E-state index contributed by atoms with van der Waals surface area (Å²) in [4.78, 5) is 19.0. The zero-order valence-electron chi connectivity index (χ0n) is 17.4. The molecule has 1 amide bonds. The molecule has 0 aromatic carbocycles. The monoisotopic (exact) mass is 411 g/mol. The molecule has 3 fully saturated rings. The van der Waals surface area contributed by atoms with Crippen LogP contribution >= 0.6 is 0 Å². The van der Waals surface area contributed by atoms with Crippen LogP contribution in [0.1, 0.15) is 47.8 Å². The molecular formula is C22H29N5O3. The van der Waals surface area contributed by atoms with E-state index in [1.54, 1.807) is 19.5 Å². The molecule has 4 atom stereocenters. The minimum atomic E-state index is 0.0765. The predicted molar refractivity (Wildman–Crippen MR) is 109 cm³/mol. The summed E-state index contributed by atoms with van der Waals surface area (Å²) in [6.07, 6.45) is 9.90. The minimum absolute atomic E-state index is 0.0765. The first-order chi connectivity index (χ1) is 14.7. The third-order valence-corrected chi connectivity index (χ3v) is 6.71. The van der Waals surface area contributed by atoms with Crippen molar-refractivity contribution in [3.8, 4) is 0 Å². The summed E-state index contributed by atoms with van der Waals surface area (Å²) < 4.78 is 13.6. The Hall–Kier alpha value is -2.32.